The molecular weight excluding hydrogens is 357 g/mol. The lowest BCUT2D eigenvalue weighted by molar-refractivity contribution is -0.130. The van der Waals surface area contributed by atoms with E-state index in [1.807, 2.05) is 0 Å². The zero-order chi connectivity index (χ0) is 18.9. The standard InChI is InChI=1S/C18H18FN3O3S/c1-12(23)22-18(15-8-3-4-9-16(15)19)11-17(20-22)13-6-5-7-14(10-13)21-26(2,24)25/h3-10,18,21H,11H2,1-2H3. The summed E-state index contributed by atoms with van der Waals surface area (Å²) in [5, 5.41) is 5.62. The molecule has 1 atom stereocenters. The fraction of sp³-hybridized carbons (Fsp3) is 0.222. The Labute approximate surface area is 151 Å². The molecule has 1 aliphatic heterocycles. The molecule has 26 heavy (non-hydrogen) atoms. The molecule has 6 nitrogen and oxygen atoms in total. The molecule has 1 amide bonds. The first-order chi connectivity index (χ1) is 12.2. The van der Waals surface area contributed by atoms with Gasteiger partial charge in [0.05, 0.1) is 18.0 Å². The van der Waals surface area contributed by atoms with Crippen molar-refractivity contribution in [3.05, 3.63) is 65.5 Å². The van der Waals surface area contributed by atoms with Crippen LogP contribution in [0.5, 0.6) is 0 Å². The molecule has 3 rings (SSSR count). The summed E-state index contributed by atoms with van der Waals surface area (Å²) in [4.78, 5) is 12.0. The van der Waals surface area contributed by atoms with Crippen LogP contribution in [-0.4, -0.2) is 31.3 Å². The number of anilines is 1. The Morgan fingerprint density at radius 1 is 1.23 bits per heavy atom. The summed E-state index contributed by atoms with van der Waals surface area (Å²) in [6, 6.07) is 12.5. The number of amides is 1. The van der Waals surface area contributed by atoms with Crippen molar-refractivity contribution in [1.29, 1.82) is 0 Å². The number of hydrogen-bond acceptors (Lipinski definition) is 4. The minimum absolute atomic E-state index is 0.293. The van der Waals surface area contributed by atoms with Crippen molar-refractivity contribution < 1.29 is 17.6 Å². The van der Waals surface area contributed by atoms with Gasteiger partial charge in [-0.2, -0.15) is 5.10 Å². The number of hydrazone groups is 1. The summed E-state index contributed by atoms with van der Waals surface area (Å²) in [5.74, 6) is -0.689. The summed E-state index contributed by atoms with van der Waals surface area (Å²) in [7, 11) is -3.41. The van der Waals surface area contributed by atoms with Crippen LogP contribution < -0.4 is 4.72 Å². The number of benzene rings is 2. The van der Waals surface area contributed by atoms with E-state index >= 15 is 0 Å². The third-order valence-electron chi connectivity index (χ3n) is 4.00. The van der Waals surface area contributed by atoms with E-state index in [0.717, 1.165) is 6.26 Å². The molecule has 0 radical (unpaired) electrons. The van der Waals surface area contributed by atoms with Gasteiger partial charge in [0, 0.05) is 24.6 Å². The van der Waals surface area contributed by atoms with Crippen LogP contribution in [0.2, 0.25) is 0 Å². The van der Waals surface area contributed by atoms with Gasteiger partial charge in [-0.1, -0.05) is 30.3 Å². The summed E-state index contributed by atoms with van der Waals surface area (Å²) < 4.78 is 39.4. The second kappa shape index (κ2) is 6.87. The fourth-order valence-corrected chi connectivity index (χ4v) is 3.49. The largest absolute Gasteiger partial charge is 0.284 e. The molecule has 0 saturated carbocycles. The molecule has 136 valence electrons. The van der Waals surface area contributed by atoms with Crippen molar-refractivity contribution in [1.82, 2.24) is 5.01 Å². The second-order valence-electron chi connectivity index (χ2n) is 6.11. The van der Waals surface area contributed by atoms with Gasteiger partial charge >= 0.3 is 0 Å². The van der Waals surface area contributed by atoms with Gasteiger partial charge < -0.3 is 0 Å². The maximum Gasteiger partial charge on any atom is 0.240 e. The zero-order valence-corrected chi connectivity index (χ0v) is 15.1. The summed E-state index contributed by atoms with van der Waals surface area (Å²) in [5.41, 5.74) is 2.05. The van der Waals surface area contributed by atoms with Gasteiger partial charge in [0.25, 0.3) is 0 Å². The first kappa shape index (κ1) is 18.1. The zero-order valence-electron chi connectivity index (χ0n) is 14.3. The van der Waals surface area contributed by atoms with E-state index in [2.05, 4.69) is 9.82 Å². The molecule has 1 heterocycles. The van der Waals surface area contributed by atoms with E-state index in [4.69, 9.17) is 0 Å². The summed E-state index contributed by atoms with van der Waals surface area (Å²) in [6.07, 6.45) is 1.40. The van der Waals surface area contributed by atoms with Crippen molar-refractivity contribution in [2.45, 2.75) is 19.4 Å². The molecular formula is C18H18FN3O3S. The fourth-order valence-electron chi connectivity index (χ4n) is 2.94. The lowest BCUT2D eigenvalue weighted by atomic mass is 9.98. The molecule has 1 aliphatic rings. The number of nitrogens with zero attached hydrogens (tertiary/aromatic N) is 2. The maximum absolute atomic E-state index is 14.2. The Morgan fingerprint density at radius 2 is 1.96 bits per heavy atom. The van der Waals surface area contributed by atoms with E-state index in [9.17, 15) is 17.6 Å². The SMILES string of the molecule is CC(=O)N1N=C(c2cccc(NS(C)(=O)=O)c2)CC1c1ccccc1F. The highest BCUT2D eigenvalue weighted by atomic mass is 32.2. The summed E-state index contributed by atoms with van der Waals surface area (Å²) >= 11 is 0. The van der Waals surface area contributed by atoms with Gasteiger partial charge in [0.1, 0.15) is 5.82 Å². The highest BCUT2D eigenvalue weighted by molar-refractivity contribution is 7.92. The monoisotopic (exact) mass is 375 g/mol. The lowest BCUT2D eigenvalue weighted by Gasteiger charge is -2.20. The topological polar surface area (TPSA) is 78.8 Å². The van der Waals surface area contributed by atoms with E-state index < -0.39 is 21.9 Å². The molecule has 0 aliphatic carbocycles. The van der Waals surface area contributed by atoms with Crippen LogP contribution in [0.3, 0.4) is 0 Å². The van der Waals surface area contributed by atoms with Gasteiger partial charge in [0.15, 0.2) is 0 Å². The Bertz CT molecular complexity index is 989. The number of hydrogen-bond donors (Lipinski definition) is 1. The third-order valence-corrected chi connectivity index (χ3v) is 4.60. The Morgan fingerprint density at radius 3 is 2.62 bits per heavy atom. The predicted molar refractivity (Wildman–Crippen MR) is 97.7 cm³/mol. The van der Waals surface area contributed by atoms with Crippen LogP contribution in [0.15, 0.2) is 53.6 Å². The Hall–Kier alpha value is -2.74. The predicted octanol–water partition coefficient (Wildman–Crippen LogP) is 2.89. The molecule has 0 fully saturated rings. The highest BCUT2D eigenvalue weighted by Gasteiger charge is 2.33. The number of carbonyl (C=O) groups is 1. The van der Waals surface area contributed by atoms with E-state index in [1.54, 1.807) is 42.5 Å². The summed E-state index contributed by atoms with van der Waals surface area (Å²) in [6.45, 7) is 1.38. The van der Waals surface area contributed by atoms with E-state index in [1.165, 1.54) is 18.0 Å². The maximum atomic E-state index is 14.2. The van der Waals surface area contributed by atoms with Gasteiger partial charge in [-0.05, 0) is 23.8 Å². The minimum atomic E-state index is -3.41. The van der Waals surface area contributed by atoms with E-state index in [-0.39, 0.29) is 5.91 Å². The molecule has 0 spiro atoms. The first-order valence-electron chi connectivity index (χ1n) is 7.94. The van der Waals surface area contributed by atoms with Crippen molar-refractivity contribution in [3.8, 4) is 0 Å². The van der Waals surface area contributed by atoms with Gasteiger partial charge in [-0.3, -0.25) is 9.52 Å². The number of carbonyl (C=O) groups excluding carboxylic acids is 1. The normalized spacial score (nSPS) is 17.1. The Kier molecular flexibility index (Phi) is 4.78. The number of halogens is 1. The van der Waals surface area contributed by atoms with Gasteiger partial charge in [0.2, 0.25) is 15.9 Å². The number of nitrogens with one attached hydrogen (secondary N) is 1. The van der Waals surface area contributed by atoms with Crippen molar-refractivity contribution in [3.63, 3.8) is 0 Å². The molecule has 1 unspecified atom stereocenters. The molecule has 8 heteroatoms. The molecule has 0 aromatic heterocycles. The molecule has 0 bridgehead atoms. The van der Waals surface area contributed by atoms with Crippen LogP contribution in [0.4, 0.5) is 10.1 Å². The van der Waals surface area contributed by atoms with Crippen LogP contribution in [0.25, 0.3) is 0 Å². The van der Waals surface area contributed by atoms with Crippen LogP contribution in [-0.2, 0) is 14.8 Å². The van der Waals surface area contributed by atoms with Crippen molar-refractivity contribution in [2.75, 3.05) is 11.0 Å². The van der Waals surface area contributed by atoms with Crippen molar-refractivity contribution in [2.24, 2.45) is 5.10 Å². The first-order valence-corrected chi connectivity index (χ1v) is 9.83. The molecule has 2 aromatic carbocycles. The van der Waals surface area contributed by atoms with Crippen molar-refractivity contribution >= 4 is 27.3 Å². The van der Waals surface area contributed by atoms with Gasteiger partial charge in [-0.25, -0.2) is 17.8 Å². The van der Waals surface area contributed by atoms with Crippen LogP contribution in [0.1, 0.15) is 30.5 Å². The second-order valence-corrected chi connectivity index (χ2v) is 7.86. The Balaban J connectivity index is 1.95. The highest BCUT2D eigenvalue weighted by Crippen LogP contribution is 2.34. The smallest absolute Gasteiger partial charge is 0.240 e. The molecule has 2 aromatic rings. The van der Waals surface area contributed by atoms with Gasteiger partial charge in [-0.15, -0.1) is 0 Å². The number of rotatable bonds is 4. The quantitative estimate of drug-likeness (QED) is 0.892. The average Bonchev–Trinajstić information content (AvgIpc) is 2.99. The number of sulfonamides is 1. The molecule has 0 saturated heterocycles. The van der Waals surface area contributed by atoms with E-state index in [0.29, 0.717) is 28.9 Å². The molecule has 1 N–H and O–H groups in total. The minimum Gasteiger partial charge on any atom is -0.284 e. The average molecular weight is 375 g/mol. The van der Waals surface area contributed by atoms with Crippen LogP contribution in [0, 0.1) is 5.82 Å². The lowest BCUT2D eigenvalue weighted by Crippen LogP contribution is -2.25. The van der Waals surface area contributed by atoms with Crippen LogP contribution >= 0.6 is 0 Å². The third kappa shape index (κ3) is 3.91.